The van der Waals surface area contributed by atoms with Crippen molar-refractivity contribution < 1.29 is 0 Å². The number of benzene rings is 5. The van der Waals surface area contributed by atoms with Crippen LogP contribution in [0.1, 0.15) is 27.8 Å². The van der Waals surface area contributed by atoms with Crippen LogP contribution in [0.4, 0.5) is 0 Å². The van der Waals surface area contributed by atoms with E-state index in [4.69, 9.17) is 0 Å². The van der Waals surface area contributed by atoms with Crippen molar-refractivity contribution in [1.29, 1.82) is 0 Å². The highest BCUT2D eigenvalue weighted by Crippen LogP contribution is 2.63. The second-order valence-electron chi connectivity index (χ2n) is 9.66. The number of rotatable bonds is 2. The molecule has 0 saturated heterocycles. The van der Waals surface area contributed by atoms with Gasteiger partial charge < -0.3 is 4.90 Å². The molecule has 0 radical (unpaired) electrons. The standard InChI is InChI=1S/C32H25N/c1-33(2)20-23-12-9-15-26-24-13-5-7-16-28(24)32(31(23)26)29-17-8-6-14-25(29)27-18-21-10-3-4-11-22(21)19-30(27)32/h3-19H,20H2,1-2H3. The third kappa shape index (κ3) is 2.35. The molecule has 1 atom stereocenters. The van der Waals surface area contributed by atoms with Gasteiger partial charge in [0.25, 0.3) is 0 Å². The lowest BCUT2D eigenvalue weighted by Crippen LogP contribution is -2.28. The first-order valence-electron chi connectivity index (χ1n) is 11.7. The van der Waals surface area contributed by atoms with E-state index in [1.165, 1.54) is 60.8 Å². The number of hydrogen-bond acceptors (Lipinski definition) is 1. The highest BCUT2D eigenvalue weighted by Gasteiger charge is 2.52. The molecule has 158 valence electrons. The zero-order valence-corrected chi connectivity index (χ0v) is 19.0. The van der Waals surface area contributed by atoms with Gasteiger partial charge in [0.1, 0.15) is 0 Å². The van der Waals surface area contributed by atoms with Crippen LogP contribution in [0.3, 0.4) is 0 Å². The van der Waals surface area contributed by atoms with E-state index in [9.17, 15) is 0 Å². The Kier molecular flexibility index (Phi) is 3.81. The summed E-state index contributed by atoms with van der Waals surface area (Å²) in [4.78, 5) is 2.29. The van der Waals surface area contributed by atoms with E-state index in [-0.39, 0.29) is 5.41 Å². The molecule has 1 heteroatoms. The quantitative estimate of drug-likeness (QED) is 0.283. The summed E-state index contributed by atoms with van der Waals surface area (Å²) in [5, 5.41) is 2.61. The fourth-order valence-corrected chi connectivity index (χ4v) is 6.44. The van der Waals surface area contributed by atoms with Gasteiger partial charge in [-0.15, -0.1) is 0 Å². The Morgan fingerprint density at radius 2 is 1.12 bits per heavy atom. The molecule has 1 unspecified atom stereocenters. The minimum absolute atomic E-state index is 0.283. The topological polar surface area (TPSA) is 3.24 Å². The second-order valence-corrected chi connectivity index (χ2v) is 9.66. The van der Waals surface area contributed by atoms with Crippen LogP contribution < -0.4 is 0 Å². The minimum Gasteiger partial charge on any atom is -0.305 e. The Labute approximate surface area is 194 Å². The molecular weight excluding hydrogens is 398 g/mol. The van der Waals surface area contributed by atoms with Gasteiger partial charge in [-0.2, -0.15) is 0 Å². The van der Waals surface area contributed by atoms with Crippen molar-refractivity contribution >= 4 is 10.8 Å². The summed E-state index contributed by atoms with van der Waals surface area (Å²) in [5.74, 6) is 0. The molecule has 5 aromatic carbocycles. The van der Waals surface area contributed by atoms with Gasteiger partial charge in [0.15, 0.2) is 0 Å². The van der Waals surface area contributed by atoms with Crippen molar-refractivity contribution in [3.05, 3.63) is 131 Å². The molecule has 2 aliphatic carbocycles. The highest BCUT2D eigenvalue weighted by molar-refractivity contribution is 6.00. The summed E-state index contributed by atoms with van der Waals surface area (Å²) in [5.41, 5.74) is 12.3. The third-order valence-corrected chi connectivity index (χ3v) is 7.54. The lowest BCUT2D eigenvalue weighted by molar-refractivity contribution is 0.400. The lowest BCUT2D eigenvalue weighted by atomic mass is 9.69. The lowest BCUT2D eigenvalue weighted by Gasteiger charge is -2.32. The third-order valence-electron chi connectivity index (χ3n) is 7.54. The van der Waals surface area contributed by atoms with Crippen molar-refractivity contribution in [2.45, 2.75) is 12.0 Å². The molecular formula is C32H25N. The molecule has 0 aliphatic heterocycles. The highest BCUT2D eigenvalue weighted by atomic mass is 15.0. The van der Waals surface area contributed by atoms with Gasteiger partial charge in [0, 0.05) is 6.54 Å². The van der Waals surface area contributed by atoms with Gasteiger partial charge in [0.05, 0.1) is 5.41 Å². The van der Waals surface area contributed by atoms with Gasteiger partial charge in [-0.05, 0) is 87.1 Å². The second kappa shape index (κ2) is 6.66. The van der Waals surface area contributed by atoms with E-state index in [0.717, 1.165) is 6.54 Å². The van der Waals surface area contributed by atoms with Crippen LogP contribution in [0, 0.1) is 0 Å². The largest absolute Gasteiger partial charge is 0.305 e. The predicted molar refractivity (Wildman–Crippen MR) is 138 cm³/mol. The molecule has 0 heterocycles. The summed E-state index contributed by atoms with van der Waals surface area (Å²) in [6, 6.07) is 38.7. The molecule has 0 saturated carbocycles. The molecule has 2 aliphatic rings. The SMILES string of the molecule is CN(C)Cc1cccc2c1C1(c3ccccc3-c3cc4ccccc4cc31)c1ccccc1-2. The first-order valence-corrected chi connectivity index (χ1v) is 11.7. The van der Waals surface area contributed by atoms with Crippen LogP contribution >= 0.6 is 0 Å². The minimum atomic E-state index is -0.283. The molecule has 0 N–H and O–H groups in total. The van der Waals surface area contributed by atoms with Crippen LogP contribution in [0.2, 0.25) is 0 Å². The maximum absolute atomic E-state index is 2.46. The van der Waals surface area contributed by atoms with Crippen molar-refractivity contribution in [1.82, 2.24) is 4.90 Å². The van der Waals surface area contributed by atoms with Crippen molar-refractivity contribution in [3.8, 4) is 22.3 Å². The van der Waals surface area contributed by atoms with Gasteiger partial charge in [-0.3, -0.25) is 0 Å². The zero-order valence-electron chi connectivity index (χ0n) is 19.0. The fraction of sp³-hybridized carbons (Fsp3) is 0.125. The Morgan fingerprint density at radius 3 is 1.82 bits per heavy atom. The fourth-order valence-electron chi connectivity index (χ4n) is 6.44. The predicted octanol–water partition coefficient (Wildman–Crippen LogP) is 7.24. The average molecular weight is 424 g/mol. The van der Waals surface area contributed by atoms with E-state index in [0.29, 0.717) is 0 Å². The van der Waals surface area contributed by atoms with Gasteiger partial charge in [-0.1, -0.05) is 91.0 Å². The van der Waals surface area contributed by atoms with Crippen LogP contribution in [0.25, 0.3) is 33.0 Å². The first kappa shape index (κ1) is 18.8. The summed E-state index contributed by atoms with van der Waals surface area (Å²) < 4.78 is 0. The smallest absolute Gasteiger partial charge is 0.0728 e. The normalized spacial score (nSPS) is 17.3. The Hall–Kier alpha value is -3.68. The van der Waals surface area contributed by atoms with Crippen LogP contribution in [0.5, 0.6) is 0 Å². The Morgan fingerprint density at radius 1 is 0.545 bits per heavy atom. The Balaban J connectivity index is 1.70. The van der Waals surface area contributed by atoms with E-state index in [1.54, 1.807) is 0 Å². The van der Waals surface area contributed by atoms with E-state index < -0.39 is 0 Å². The average Bonchev–Trinajstić information content (AvgIpc) is 3.30. The molecule has 0 fully saturated rings. The maximum atomic E-state index is 2.46. The molecule has 1 nitrogen and oxygen atoms in total. The Bertz CT molecular complexity index is 1580. The summed E-state index contributed by atoms with van der Waals surface area (Å²) in [6.07, 6.45) is 0. The molecule has 0 amide bonds. The summed E-state index contributed by atoms with van der Waals surface area (Å²) in [6.45, 7) is 0.921. The van der Waals surface area contributed by atoms with Gasteiger partial charge >= 0.3 is 0 Å². The zero-order chi connectivity index (χ0) is 22.2. The summed E-state index contributed by atoms with van der Waals surface area (Å²) in [7, 11) is 4.33. The van der Waals surface area contributed by atoms with E-state index >= 15 is 0 Å². The molecule has 5 aromatic rings. The maximum Gasteiger partial charge on any atom is 0.0728 e. The van der Waals surface area contributed by atoms with Crippen molar-refractivity contribution in [2.24, 2.45) is 0 Å². The van der Waals surface area contributed by atoms with E-state index in [2.05, 4.69) is 122 Å². The van der Waals surface area contributed by atoms with Crippen LogP contribution in [-0.4, -0.2) is 19.0 Å². The monoisotopic (exact) mass is 423 g/mol. The van der Waals surface area contributed by atoms with Gasteiger partial charge in [-0.25, -0.2) is 0 Å². The van der Waals surface area contributed by atoms with Gasteiger partial charge in [0.2, 0.25) is 0 Å². The molecule has 1 spiro atoms. The molecule has 0 aromatic heterocycles. The first-order chi connectivity index (χ1) is 16.2. The summed E-state index contributed by atoms with van der Waals surface area (Å²) >= 11 is 0. The molecule has 33 heavy (non-hydrogen) atoms. The molecule has 0 bridgehead atoms. The number of fused-ring (bicyclic) bond motifs is 11. The number of nitrogens with zero attached hydrogens (tertiary/aromatic N) is 1. The molecule has 7 rings (SSSR count). The van der Waals surface area contributed by atoms with Crippen LogP contribution in [-0.2, 0) is 12.0 Å². The van der Waals surface area contributed by atoms with Crippen LogP contribution in [0.15, 0.2) is 103 Å². The van der Waals surface area contributed by atoms with Crippen molar-refractivity contribution in [3.63, 3.8) is 0 Å². The van der Waals surface area contributed by atoms with E-state index in [1.807, 2.05) is 0 Å². The van der Waals surface area contributed by atoms with Crippen molar-refractivity contribution in [2.75, 3.05) is 14.1 Å². The number of hydrogen-bond donors (Lipinski definition) is 0.